The van der Waals surface area contributed by atoms with Crippen molar-refractivity contribution in [3.05, 3.63) is 12.8 Å². The average Bonchev–Trinajstić information content (AvgIpc) is 2.45. The molecule has 1 fully saturated rings. The third-order valence-electron chi connectivity index (χ3n) is 2.22. The maximum Gasteiger partial charge on any atom is 0.151 e. The molecule has 4 nitrogen and oxygen atoms in total. The van der Waals surface area contributed by atoms with E-state index in [-0.39, 0.29) is 11.8 Å². The van der Waals surface area contributed by atoms with Crippen molar-refractivity contribution in [2.45, 2.75) is 18.9 Å². The van der Waals surface area contributed by atoms with Crippen molar-refractivity contribution in [2.75, 3.05) is 24.7 Å². The average molecular weight is 219 g/mol. The van der Waals surface area contributed by atoms with Gasteiger partial charge < -0.3 is 10.1 Å². The minimum atomic E-state index is -2.75. The smallest absolute Gasteiger partial charge is 0.151 e. The van der Waals surface area contributed by atoms with E-state index in [9.17, 15) is 8.42 Å². The molecule has 1 N–H and O–H groups in total. The highest BCUT2D eigenvalue weighted by atomic mass is 32.2. The number of nitrogens with one attached hydrogen (secondary N) is 1. The van der Waals surface area contributed by atoms with Gasteiger partial charge in [0.25, 0.3) is 0 Å². The van der Waals surface area contributed by atoms with Crippen LogP contribution in [0.15, 0.2) is 12.8 Å². The van der Waals surface area contributed by atoms with E-state index in [0.29, 0.717) is 12.4 Å². The van der Waals surface area contributed by atoms with Gasteiger partial charge in [-0.05, 0) is 19.4 Å². The number of rotatable bonds is 6. The van der Waals surface area contributed by atoms with Crippen molar-refractivity contribution in [1.29, 1.82) is 0 Å². The molecule has 14 heavy (non-hydrogen) atoms. The Morgan fingerprint density at radius 1 is 1.57 bits per heavy atom. The molecule has 0 aromatic carbocycles. The standard InChI is InChI=1S/C9H17NO3S/c1-2-13-6-3-5-10-9-4-7-14(11,12)8-9/h2,9-10H,1,3-8H2. The molecule has 1 atom stereocenters. The van der Waals surface area contributed by atoms with E-state index in [1.807, 2.05) is 0 Å². The molecule has 1 aliphatic rings. The van der Waals surface area contributed by atoms with E-state index in [2.05, 4.69) is 11.9 Å². The molecule has 0 bridgehead atoms. The minimum absolute atomic E-state index is 0.142. The zero-order chi connectivity index (χ0) is 10.4. The summed E-state index contributed by atoms with van der Waals surface area (Å²) in [6, 6.07) is 0.142. The summed E-state index contributed by atoms with van der Waals surface area (Å²) in [4.78, 5) is 0. The number of hydrogen-bond acceptors (Lipinski definition) is 4. The van der Waals surface area contributed by atoms with Crippen LogP contribution < -0.4 is 5.32 Å². The van der Waals surface area contributed by atoms with Gasteiger partial charge in [0.2, 0.25) is 0 Å². The Balaban J connectivity index is 2.06. The first-order valence-corrected chi connectivity index (χ1v) is 6.62. The summed E-state index contributed by atoms with van der Waals surface area (Å²) in [7, 11) is -2.75. The largest absolute Gasteiger partial charge is 0.502 e. The van der Waals surface area contributed by atoms with Gasteiger partial charge in [0.1, 0.15) is 0 Å². The van der Waals surface area contributed by atoms with Gasteiger partial charge in [-0.2, -0.15) is 0 Å². The molecule has 0 radical (unpaired) electrons. The Morgan fingerprint density at radius 2 is 2.36 bits per heavy atom. The van der Waals surface area contributed by atoms with Crippen molar-refractivity contribution in [3.8, 4) is 0 Å². The molecule has 1 saturated heterocycles. The first-order valence-electron chi connectivity index (χ1n) is 4.80. The molecule has 1 rings (SSSR count). The van der Waals surface area contributed by atoms with Gasteiger partial charge in [-0.25, -0.2) is 8.42 Å². The normalized spacial score (nSPS) is 24.7. The van der Waals surface area contributed by atoms with Crippen LogP contribution in [0.3, 0.4) is 0 Å². The first kappa shape index (κ1) is 11.5. The minimum Gasteiger partial charge on any atom is -0.502 e. The lowest BCUT2D eigenvalue weighted by Gasteiger charge is -2.09. The summed E-state index contributed by atoms with van der Waals surface area (Å²) < 4.78 is 27.1. The lowest BCUT2D eigenvalue weighted by atomic mass is 10.2. The molecule has 1 unspecified atom stereocenters. The Labute approximate surface area is 85.3 Å². The Morgan fingerprint density at radius 3 is 2.93 bits per heavy atom. The lowest BCUT2D eigenvalue weighted by Crippen LogP contribution is -2.31. The second-order valence-electron chi connectivity index (χ2n) is 3.45. The van der Waals surface area contributed by atoms with Gasteiger partial charge in [0.05, 0.1) is 24.4 Å². The molecule has 5 heteroatoms. The van der Waals surface area contributed by atoms with E-state index in [0.717, 1.165) is 19.4 Å². The molecule has 0 aromatic heterocycles. The molecule has 1 aliphatic heterocycles. The molecule has 82 valence electrons. The van der Waals surface area contributed by atoms with Crippen LogP contribution in [-0.2, 0) is 14.6 Å². The lowest BCUT2D eigenvalue weighted by molar-refractivity contribution is 0.243. The van der Waals surface area contributed by atoms with E-state index in [1.165, 1.54) is 6.26 Å². The van der Waals surface area contributed by atoms with Crippen LogP contribution in [0.4, 0.5) is 0 Å². The van der Waals surface area contributed by atoms with Gasteiger partial charge in [-0.1, -0.05) is 6.58 Å². The highest BCUT2D eigenvalue weighted by molar-refractivity contribution is 7.91. The maximum absolute atomic E-state index is 11.1. The molecular weight excluding hydrogens is 202 g/mol. The van der Waals surface area contributed by atoms with Gasteiger partial charge in [0, 0.05) is 6.04 Å². The van der Waals surface area contributed by atoms with Crippen LogP contribution in [0.1, 0.15) is 12.8 Å². The molecule has 0 saturated carbocycles. The van der Waals surface area contributed by atoms with Crippen LogP contribution >= 0.6 is 0 Å². The second-order valence-corrected chi connectivity index (χ2v) is 5.67. The molecule has 0 aromatic rings. The fraction of sp³-hybridized carbons (Fsp3) is 0.778. The van der Waals surface area contributed by atoms with Gasteiger partial charge in [-0.3, -0.25) is 0 Å². The van der Waals surface area contributed by atoms with Gasteiger partial charge in [0.15, 0.2) is 9.84 Å². The van der Waals surface area contributed by atoms with Crippen molar-refractivity contribution in [2.24, 2.45) is 0 Å². The summed E-state index contributed by atoms with van der Waals surface area (Å²) in [5.41, 5.74) is 0. The van der Waals surface area contributed by atoms with E-state index < -0.39 is 9.84 Å². The summed E-state index contributed by atoms with van der Waals surface area (Å²) in [5, 5.41) is 3.20. The summed E-state index contributed by atoms with van der Waals surface area (Å²) >= 11 is 0. The quantitative estimate of drug-likeness (QED) is 0.516. The van der Waals surface area contributed by atoms with E-state index in [4.69, 9.17) is 4.74 Å². The zero-order valence-corrected chi connectivity index (χ0v) is 9.05. The van der Waals surface area contributed by atoms with Crippen molar-refractivity contribution in [3.63, 3.8) is 0 Å². The predicted octanol–water partition coefficient (Wildman–Crippen LogP) is 0.313. The van der Waals surface area contributed by atoms with Crippen LogP contribution in [0.2, 0.25) is 0 Å². The summed E-state index contributed by atoms with van der Waals surface area (Å²) in [6.07, 6.45) is 3.03. The Kier molecular flexibility index (Phi) is 4.41. The number of hydrogen-bond donors (Lipinski definition) is 1. The number of sulfone groups is 1. The molecule has 1 heterocycles. The van der Waals surface area contributed by atoms with Crippen LogP contribution in [0.5, 0.6) is 0 Å². The fourth-order valence-electron chi connectivity index (χ4n) is 1.50. The van der Waals surface area contributed by atoms with Crippen LogP contribution in [0.25, 0.3) is 0 Å². The second kappa shape index (κ2) is 5.36. The SMILES string of the molecule is C=COCCCNC1CCS(=O)(=O)C1. The predicted molar refractivity (Wildman–Crippen MR) is 55.8 cm³/mol. The molecule has 0 amide bonds. The Hall–Kier alpha value is -0.550. The highest BCUT2D eigenvalue weighted by Crippen LogP contribution is 2.10. The first-order chi connectivity index (χ1) is 6.64. The van der Waals surface area contributed by atoms with Crippen LogP contribution in [-0.4, -0.2) is 39.1 Å². The topological polar surface area (TPSA) is 55.4 Å². The van der Waals surface area contributed by atoms with E-state index in [1.54, 1.807) is 0 Å². The zero-order valence-electron chi connectivity index (χ0n) is 8.24. The van der Waals surface area contributed by atoms with Crippen molar-refractivity contribution < 1.29 is 13.2 Å². The third kappa shape index (κ3) is 4.11. The molecule has 0 spiro atoms. The monoisotopic (exact) mass is 219 g/mol. The van der Waals surface area contributed by atoms with Gasteiger partial charge in [-0.15, -0.1) is 0 Å². The third-order valence-corrected chi connectivity index (χ3v) is 3.99. The summed E-state index contributed by atoms with van der Waals surface area (Å²) in [5.74, 6) is 0.614. The summed E-state index contributed by atoms with van der Waals surface area (Å²) in [6.45, 7) is 4.87. The Bertz CT molecular complexity index is 274. The maximum atomic E-state index is 11.1. The van der Waals surface area contributed by atoms with Gasteiger partial charge >= 0.3 is 0 Å². The number of ether oxygens (including phenoxy) is 1. The van der Waals surface area contributed by atoms with E-state index >= 15 is 0 Å². The fourth-order valence-corrected chi connectivity index (χ4v) is 3.21. The van der Waals surface area contributed by atoms with Crippen LogP contribution in [0, 0.1) is 0 Å². The highest BCUT2D eigenvalue weighted by Gasteiger charge is 2.26. The van der Waals surface area contributed by atoms with Crippen molar-refractivity contribution in [1.82, 2.24) is 5.32 Å². The van der Waals surface area contributed by atoms with Crippen molar-refractivity contribution >= 4 is 9.84 Å². The molecular formula is C9H17NO3S. The molecule has 0 aliphatic carbocycles.